The van der Waals surface area contributed by atoms with Crippen LogP contribution in [0.1, 0.15) is 33.1 Å². The number of aliphatic hydroxyl groups is 2. The summed E-state index contributed by atoms with van der Waals surface area (Å²) in [6, 6.07) is -0.159. The molecule has 0 aromatic rings. The minimum atomic E-state index is -0.871. The van der Waals surface area contributed by atoms with Crippen LogP contribution in [-0.2, 0) is 4.79 Å². The number of piperidine rings is 1. The summed E-state index contributed by atoms with van der Waals surface area (Å²) in [7, 11) is 0. The van der Waals surface area contributed by atoms with Gasteiger partial charge in [-0.15, -0.1) is 0 Å². The summed E-state index contributed by atoms with van der Waals surface area (Å²) in [5.74, 6) is 1.19. The molecule has 0 bridgehead atoms. The molecule has 1 heterocycles. The molecule has 0 spiro atoms. The molecule has 1 fully saturated rings. The van der Waals surface area contributed by atoms with Gasteiger partial charge in [-0.25, -0.2) is 0 Å². The first kappa shape index (κ1) is 15.4. The lowest BCUT2D eigenvalue weighted by Crippen LogP contribution is -2.50. The Morgan fingerprint density at radius 1 is 1.50 bits per heavy atom. The van der Waals surface area contributed by atoms with Crippen LogP contribution in [0.4, 0.5) is 0 Å². The third kappa shape index (κ3) is 5.33. The third-order valence-corrected chi connectivity index (χ3v) is 3.36. The molecule has 0 aliphatic carbocycles. The SMILES string of the molecule is CC(C)CC1CCNC(C(=O)NCC(O)CO)C1. The number of carbonyl (C=O) groups is 1. The van der Waals surface area contributed by atoms with Crippen LogP contribution in [0.25, 0.3) is 0 Å². The molecular weight excluding hydrogens is 232 g/mol. The molecule has 1 aliphatic heterocycles. The first-order chi connectivity index (χ1) is 8.52. The number of nitrogens with one attached hydrogen (secondary N) is 2. The van der Waals surface area contributed by atoms with Crippen molar-refractivity contribution in [3.63, 3.8) is 0 Å². The monoisotopic (exact) mass is 258 g/mol. The summed E-state index contributed by atoms with van der Waals surface area (Å²) in [6.07, 6.45) is 2.27. The molecule has 0 aromatic heterocycles. The Morgan fingerprint density at radius 2 is 2.22 bits per heavy atom. The molecule has 0 radical (unpaired) electrons. The molecule has 106 valence electrons. The van der Waals surface area contributed by atoms with Crippen molar-refractivity contribution in [3.8, 4) is 0 Å². The normalized spacial score (nSPS) is 26.1. The summed E-state index contributed by atoms with van der Waals surface area (Å²) in [5, 5.41) is 23.7. The van der Waals surface area contributed by atoms with Crippen LogP contribution in [0, 0.1) is 11.8 Å². The first-order valence-electron chi connectivity index (χ1n) is 6.83. The van der Waals surface area contributed by atoms with Gasteiger partial charge in [-0.05, 0) is 37.6 Å². The van der Waals surface area contributed by atoms with Crippen LogP contribution in [0.5, 0.6) is 0 Å². The standard InChI is InChI=1S/C13H26N2O3/c1-9(2)5-10-3-4-14-12(6-10)13(18)15-7-11(17)8-16/h9-12,14,16-17H,3-8H2,1-2H3,(H,15,18). The molecule has 1 aliphatic rings. The number of hydrogen-bond donors (Lipinski definition) is 4. The van der Waals surface area contributed by atoms with Crippen molar-refractivity contribution in [1.82, 2.24) is 10.6 Å². The van der Waals surface area contributed by atoms with Crippen LogP contribution in [0.3, 0.4) is 0 Å². The van der Waals surface area contributed by atoms with Gasteiger partial charge in [-0.1, -0.05) is 13.8 Å². The summed E-state index contributed by atoms with van der Waals surface area (Å²) in [4.78, 5) is 11.9. The fourth-order valence-electron chi connectivity index (χ4n) is 2.48. The van der Waals surface area contributed by atoms with Gasteiger partial charge in [0.05, 0.1) is 18.8 Å². The Kier molecular flexibility index (Phi) is 6.60. The predicted molar refractivity (Wildman–Crippen MR) is 70.1 cm³/mol. The smallest absolute Gasteiger partial charge is 0.237 e. The van der Waals surface area contributed by atoms with E-state index in [4.69, 9.17) is 5.11 Å². The Labute approximate surface area is 109 Å². The number of carbonyl (C=O) groups excluding carboxylic acids is 1. The van der Waals surface area contributed by atoms with Gasteiger partial charge >= 0.3 is 0 Å². The molecular formula is C13H26N2O3. The van der Waals surface area contributed by atoms with E-state index >= 15 is 0 Å². The van der Waals surface area contributed by atoms with Gasteiger partial charge in [0.1, 0.15) is 0 Å². The molecule has 5 nitrogen and oxygen atoms in total. The molecule has 0 saturated carbocycles. The molecule has 3 atom stereocenters. The minimum absolute atomic E-state index is 0.0732. The van der Waals surface area contributed by atoms with E-state index in [1.807, 2.05) is 0 Å². The first-order valence-corrected chi connectivity index (χ1v) is 6.83. The maximum Gasteiger partial charge on any atom is 0.237 e. The second kappa shape index (κ2) is 7.71. The Balaban J connectivity index is 2.33. The van der Waals surface area contributed by atoms with Crippen molar-refractivity contribution in [3.05, 3.63) is 0 Å². The molecule has 5 heteroatoms. The van der Waals surface area contributed by atoms with Gasteiger partial charge < -0.3 is 20.8 Å². The lowest BCUT2D eigenvalue weighted by atomic mass is 9.85. The Bertz CT molecular complexity index is 259. The molecule has 4 N–H and O–H groups in total. The largest absolute Gasteiger partial charge is 0.394 e. The maximum atomic E-state index is 11.9. The van der Waals surface area contributed by atoms with E-state index in [1.54, 1.807) is 0 Å². The summed E-state index contributed by atoms with van der Waals surface area (Å²) in [5.41, 5.74) is 0. The lowest BCUT2D eigenvalue weighted by Gasteiger charge is -2.30. The van der Waals surface area contributed by atoms with Crippen molar-refractivity contribution in [2.24, 2.45) is 11.8 Å². The minimum Gasteiger partial charge on any atom is -0.394 e. The highest BCUT2D eigenvalue weighted by atomic mass is 16.3. The Hall–Kier alpha value is -0.650. The average Bonchev–Trinajstić information content (AvgIpc) is 2.35. The highest BCUT2D eigenvalue weighted by molar-refractivity contribution is 5.81. The number of hydrogen-bond acceptors (Lipinski definition) is 4. The van der Waals surface area contributed by atoms with Crippen LogP contribution in [0.2, 0.25) is 0 Å². The average molecular weight is 258 g/mol. The van der Waals surface area contributed by atoms with Gasteiger partial charge in [-0.3, -0.25) is 4.79 Å². The van der Waals surface area contributed by atoms with Crippen LogP contribution in [0.15, 0.2) is 0 Å². The van der Waals surface area contributed by atoms with E-state index in [9.17, 15) is 9.90 Å². The third-order valence-electron chi connectivity index (χ3n) is 3.36. The van der Waals surface area contributed by atoms with Gasteiger partial charge in [0.2, 0.25) is 5.91 Å². The number of amides is 1. The molecule has 1 amide bonds. The van der Waals surface area contributed by atoms with E-state index in [1.165, 1.54) is 0 Å². The van der Waals surface area contributed by atoms with E-state index in [0.29, 0.717) is 11.8 Å². The Morgan fingerprint density at radius 3 is 2.83 bits per heavy atom. The number of rotatable bonds is 6. The second-order valence-electron chi connectivity index (χ2n) is 5.61. The topological polar surface area (TPSA) is 81.6 Å². The van der Waals surface area contributed by atoms with Crippen molar-refractivity contribution in [1.29, 1.82) is 0 Å². The fraction of sp³-hybridized carbons (Fsp3) is 0.923. The van der Waals surface area contributed by atoms with Crippen LogP contribution in [-0.4, -0.2) is 48.0 Å². The van der Waals surface area contributed by atoms with Crippen LogP contribution < -0.4 is 10.6 Å². The highest BCUT2D eigenvalue weighted by Crippen LogP contribution is 2.23. The quantitative estimate of drug-likeness (QED) is 0.535. The zero-order valence-corrected chi connectivity index (χ0v) is 11.4. The van der Waals surface area contributed by atoms with Crippen molar-refractivity contribution < 1.29 is 15.0 Å². The molecule has 1 saturated heterocycles. The molecule has 3 unspecified atom stereocenters. The summed E-state index contributed by atoms with van der Waals surface area (Å²) >= 11 is 0. The summed E-state index contributed by atoms with van der Waals surface area (Å²) < 4.78 is 0. The van der Waals surface area contributed by atoms with E-state index in [0.717, 1.165) is 25.8 Å². The van der Waals surface area contributed by atoms with E-state index < -0.39 is 6.10 Å². The van der Waals surface area contributed by atoms with Crippen LogP contribution >= 0.6 is 0 Å². The highest BCUT2D eigenvalue weighted by Gasteiger charge is 2.27. The van der Waals surface area contributed by atoms with Gasteiger partial charge in [-0.2, -0.15) is 0 Å². The predicted octanol–water partition coefficient (Wildman–Crippen LogP) is -0.130. The van der Waals surface area contributed by atoms with E-state index in [-0.39, 0.29) is 25.1 Å². The van der Waals surface area contributed by atoms with Crippen molar-refractivity contribution >= 4 is 5.91 Å². The van der Waals surface area contributed by atoms with Gasteiger partial charge in [0, 0.05) is 6.54 Å². The zero-order valence-electron chi connectivity index (χ0n) is 11.4. The van der Waals surface area contributed by atoms with Gasteiger partial charge in [0.15, 0.2) is 0 Å². The van der Waals surface area contributed by atoms with E-state index in [2.05, 4.69) is 24.5 Å². The molecule has 0 aromatic carbocycles. The lowest BCUT2D eigenvalue weighted by molar-refractivity contribution is -0.124. The summed E-state index contributed by atoms with van der Waals surface area (Å²) in [6.45, 7) is 5.07. The fourth-order valence-corrected chi connectivity index (χ4v) is 2.48. The molecule has 18 heavy (non-hydrogen) atoms. The zero-order chi connectivity index (χ0) is 13.5. The second-order valence-corrected chi connectivity index (χ2v) is 5.61. The maximum absolute atomic E-state index is 11.9. The van der Waals surface area contributed by atoms with Crippen molar-refractivity contribution in [2.45, 2.75) is 45.3 Å². The number of aliphatic hydroxyl groups excluding tert-OH is 2. The van der Waals surface area contributed by atoms with Crippen molar-refractivity contribution in [2.75, 3.05) is 19.7 Å². The van der Waals surface area contributed by atoms with Gasteiger partial charge in [0.25, 0.3) is 0 Å². The molecule has 1 rings (SSSR count).